The molecule has 0 aliphatic heterocycles. The summed E-state index contributed by atoms with van der Waals surface area (Å²) in [5, 5.41) is 0. The van der Waals surface area contributed by atoms with Crippen LogP contribution in [-0.4, -0.2) is 53.7 Å². The van der Waals surface area contributed by atoms with E-state index in [1.165, 1.54) is 84.0 Å². The number of phosphoric ester groups is 1. The molecule has 0 aromatic rings. The lowest BCUT2D eigenvalue weighted by molar-refractivity contribution is -0.952. The topological polar surface area (TPSA) is 95.9 Å². The van der Waals surface area contributed by atoms with Crippen LogP contribution in [0.1, 0.15) is 157 Å². The van der Waals surface area contributed by atoms with Crippen LogP contribution in [0, 0.1) is 0 Å². The summed E-state index contributed by atoms with van der Waals surface area (Å²) in [4.78, 5) is 32.8. The van der Waals surface area contributed by atoms with Crippen molar-refractivity contribution in [2.24, 2.45) is 0 Å². The van der Waals surface area contributed by atoms with Gasteiger partial charge in [-0.1, -0.05) is 111 Å². The number of hydrogen-bond donors (Lipinski definition) is 1. The summed E-state index contributed by atoms with van der Waals surface area (Å²) in [6, 6.07) is -0.171. The van der Waals surface area contributed by atoms with Crippen molar-refractivity contribution in [1.29, 1.82) is 0 Å². The van der Waals surface area contributed by atoms with Gasteiger partial charge in [0.15, 0.2) is 0 Å². The third-order valence-electron chi connectivity index (χ3n) is 7.96. The molecule has 39 heavy (non-hydrogen) atoms. The number of ether oxygens (including phenoxy) is 1. The maximum atomic E-state index is 11.9. The maximum Gasteiger partial charge on any atom is 0.302 e. The fourth-order valence-electron chi connectivity index (χ4n) is 6.18. The molecule has 0 saturated heterocycles. The number of esters is 1. The largest absolute Gasteiger partial charge is 0.756 e. The third kappa shape index (κ3) is 21.0. The lowest BCUT2D eigenvalue weighted by atomic mass is 9.98. The number of carbonyl (C=O) groups excluding carboxylic acids is 1. The quantitative estimate of drug-likeness (QED) is 0.0437. The van der Waals surface area contributed by atoms with Crippen molar-refractivity contribution < 1.29 is 32.9 Å². The van der Waals surface area contributed by atoms with Crippen LogP contribution in [0.2, 0.25) is 0 Å². The fraction of sp³-hybridized carbons (Fsp3) is 0.968. The Morgan fingerprint density at radius 1 is 0.744 bits per heavy atom. The molecule has 0 bridgehead atoms. The minimum absolute atomic E-state index is 0.0895. The zero-order valence-corrected chi connectivity index (χ0v) is 27.2. The van der Waals surface area contributed by atoms with Crippen molar-refractivity contribution in [3.05, 3.63) is 0 Å². The molecule has 3 atom stereocenters. The van der Waals surface area contributed by atoms with Gasteiger partial charge in [0.05, 0.1) is 19.6 Å². The van der Waals surface area contributed by atoms with Crippen LogP contribution in [0.3, 0.4) is 0 Å². The molecule has 0 radical (unpaired) electrons. The van der Waals surface area contributed by atoms with Crippen molar-refractivity contribution in [2.45, 2.75) is 169 Å². The number of carbonyl (C=O) groups is 1. The molecule has 8 heteroatoms. The first-order valence-electron chi connectivity index (χ1n) is 16.3. The highest BCUT2D eigenvalue weighted by atomic mass is 31.2. The summed E-state index contributed by atoms with van der Waals surface area (Å²) < 4.78 is 22.9. The van der Waals surface area contributed by atoms with Gasteiger partial charge in [-0.3, -0.25) is 9.36 Å². The lowest BCUT2D eigenvalue weighted by Crippen LogP contribution is -2.59. The van der Waals surface area contributed by atoms with Crippen molar-refractivity contribution in [1.82, 2.24) is 0 Å². The Morgan fingerprint density at radius 3 is 1.51 bits per heavy atom. The molecule has 0 aliphatic rings. The average Bonchev–Trinajstić information content (AvgIpc) is 2.86. The van der Waals surface area contributed by atoms with E-state index in [9.17, 15) is 19.1 Å². The molecule has 0 rings (SSSR count). The molecule has 0 aromatic carbocycles. The van der Waals surface area contributed by atoms with Crippen molar-refractivity contribution >= 4 is 13.8 Å². The SMILES string of the molecule is CCCCCCCCCCCCCCCCC(CC(COP(=O)([O-])O)[N+](CCC)(CCC)CCC)OC(C)=O. The van der Waals surface area contributed by atoms with Gasteiger partial charge in [-0.2, -0.15) is 0 Å². The number of hydrogen-bond acceptors (Lipinski definition) is 5. The van der Waals surface area contributed by atoms with Gasteiger partial charge < -0.3 is 23.5 Å². The Labute approximate surface area is 241 Å². The predicted molar refractivity (Wildman–Crippen MR) is 160 cm³/mol. The monoisotopic (exact) mass is 577 g/mol. The molecule has 0 aliphatic carbocycles. The van der Waals surface area contributed by atoms with Crippen LogP contribution in [0.15, 0.2) is 0 Å². The van der Waals surface area contributed by atoms with Crippen LogP contribution < -0.4 is 4.89 Å². The molecule has 0 heterocycles. The van der Waals surface area contributed by atoms with Crippen LogP contribution >= 0.6 is 7.82 Å². The smallest absolute Gasteiger partial charge is 0.302 e. The van der Waals surface area contributed by atoms with Crippen LogP contribution in [-0.2, 0) is 18.6 Å². The summed E-state index contributed by atoms with van der Waals surface area (Å²) in [5.41, 5.74) is 0. The number of nitrogens with zero attached hydrogens (tertiary/aromatic N) is 1. The molecule has 7 nitrogen and oxygen atoms in total. The molecule has 0 aromatic heterocycles. The summed E-state index contributed by atoms with van der Waals surface area (Å²) in [6.07, 6.45) is 22.1. The van der Waals surface area contributed by atoms with Gasteiger partial charge in [0, 0.05) is 13.3 Å². The maximum absolute atomic E-state index is 11.9. The van der Waals surface area contributed by atoms with Crippen LogP contribution in [0.5, 0.6) is 0 Å². The highest BCUT2D eigenvalue weighted by Gasteiger charge is 2.38. The Hall–Kier alpha value is -0.460. The van der Waals surface area contributed by atoms with Crippen molar-refractivity contribution in [3.63, 3.8) is 0 Å². The Kier molecular flexibility index (Phi) is 23.9. The Balaban J connectivity index is 4.77. The van der Waals surface area contributed by atoms with E-state index in [2.05, 4.69) is 27.7 Å². The molecule has 0 amide bonds. The summed E-state index contributed by atoms with van der Waals surface area (Å²) in [5.74, 6) is -0.304. The molecule has 3 unspecified atom stereocenters. The molecule has 0 fully saturated rings. The third-order valence-corrected chi connectivity index (χ3v) is 8.43. The van der Waals surface area contributed by atoms with Gasteiger partial charge in [0.25, 0.3) is 7.82 Å². The number of quaternary nitrogens is 1. The second-order valence-electron chi connectivity index (χ2n) is 11.7. The number of phosphoric acid groups is 1. The van der Waals surface area contributed by atoms with Gasteiger partial charge in [0.2, 0.25) is 0 Å². The van der Waals surface area contributed by atoms with Crippen molar-refractivity contribution in [2.75, 3.05) is 26.2 Å². The Bertz CT molecular complexity index is 609. The molecular formula is C31H64NO6P. The number of unbranched alkanes of at least 4 members (excludes halogenated alkanes) is 13. The van der Waals surface area contributed by atoms with E-state index in [1.807, 2.05) is 0 Å². The van der Waals surface area contributed by atoms with Gasteiger partial charge in [-0.05, 0) is 32.1 Å². The lowest BCUT2D eigenvalue weighted by Gasteiger charge is -2.46. The Morgan fingerprint density at radius 2 is 1.15 bits per heavy atom. The number of rotatable bonds is 28. The van der Waals surface area contributed by atoms with E-state index < -0.39 is 7.82 Å². The van der Waals surface area contributed by atoms with Crippen LogP contribution in [0.25, 0.3) is 0 Å². The highest BCUT2D eigenvalue weighted by Crippen LogP contribution is 2.33. The first kappa shape index (κ1) is 38.5. The minimum Gasteiger partial charge on any atom is -0.756 e. The zero-order valence-electron chi connectivity index (χ0n) is 26.3. The summed E-state index contributed by atoms with van der Waals surface area (Å²) in [6.45, 7) is 12.7. The molecule has 0 spiro atoms. The van der Waals surface area contributed by atoms with Crippen LogP contribution in [0.4, 0.5) is 0 Å². The van der Waals surface area contributed by atoms with E-state index in [0.717, 1.165) is 62.6 Å². The molecule has 0 saturated carbocycles. The summed E-state index contributed by atoms with van der Waals surface area (Å²) >= 11 is 0. The predicted octanol–water partition coefficient (Wildman–Crippen LogP) is 8.07. The second kappa shape index (κ2) is 24.2. The van der Waals surface area contributed by atoms with Gasteiger partial charge in [-0.15, -0.1) is 0 Å². The van der Waals surface area contributed by atoms with Gasteiger partial charge in [-0.25, -0.2) is 0 Å². The summed E-state index contributed by atoms with van der Waals surface area (Å²) in [7, 11) is -4.84. The van der Waals surface area contributed by atoms with E-state index >= 15 is 0 Å². The van der Waals surface area contributed by atoms with Gasteiger partial charge >= 0.3 is 5.97 Å². The first-order chi connectivity index (χ1) is 18.6. The standard InChI is InChI=1S/C31H64NO6P/c1-6-10-11-12-13-14-15-16-17-18-19-20-21-22-23-31(38-29(5)33)27-30(28-37-39(34,35)36)32(24-7-2,25-8-3)26-9-4/h30-31H,6-28H2,1-5H3,(H-,34,35,36). The molecular weight excluding hydrogens is 513 g/mol. The average molecular weight is 578 g/mol. The highest BCUT2D eigenvalue weighted by molar-refractivity contribution is 7.44. The minimum atomic E-state index is -4.84. The molecule has 1 N–H and O–H groups in total. The normalized spacial score (nSPS) is 15.2. The fourth-order valence-corrected chi connectivity index (χ4v) is 6.54. The zero-order chi connectivity index (χ0) is 29.4. The second-order valence-corrected chi connectivity index (χ2v) is 12.9. The molecule has 234 valence electrons. The van der Waals surface area contributed by atoms with E-state index in [0.29, 0.717) is 6.42 Å². The van der Waals surface area contributed by atoms with E-state index in [-0.39, 0.29) is 24.7 Å². The van der Waals surface area contributed by atoms with E-state index in [4.69, 9.17) is 9.26 Å². The first-order valence-corrected chi connectivity index (χ1v) is 17.8. The van der Waals surface area contributed by atoms with Gasteiger partial charge in [0.1, 0.15) is 18.8 Å². The van der Waals surface area contributed by atoms with Crippen molar-refractivity contribution in [3.8, 4) is 0 Å². The van der Waals surface area contributed by atoms with E-state index in [1.54, 1.807) is 0 Å².